The van der Waals surface area contributed by atoms with Gasteiger partial charge in [-0.3, -0.25) is 4.79 Å². The molecule has 3 rings (SSSR count). The smallest absolute Gasteiger partial charge is 0.338 e. The van der Waals surface area contributed by atoms with Crippen molar-refractivity contribution >= 4 is 39.0 Å². The summed E-state index contributed by atoms with van der Waals surface area (Å²) in [6.45, 7) is 0. The van der Waals surface area contributed by atoms with Crippen LogP contribution in [0.25, 0.3) is 10.7 Å². The Morgan fingerprint density at radius 3 is 2.79 bits per heavy atom. The highest BCUT2D eigenvalue weighted by Gasteiger charge is 2.33. The normalized spacial score (nSPS) is 11.8. The monoisotopic (exact) mass is 438 g/mol. The van der Waals surface area contributed by atoms with Crippen LogP contribution >= 0.6 is 39.0 Å². The number of rotatable bonds is 4. The van der Waals surface area contributed by atoms with E-state index in [1.54, 1.807) is 0 Å². The van der Waals surface area contributed by atoms with Gasteiger partial charge in [-0.2, -0.15) is 18.2 Å². The zero-order valence-electron chi connectivity index (χ0n) is 11.4. The molecule has 24 heavy (non-hydrogen) atoms. The summed E-state index contributed by atoms with van der Waals surface area (Å²) in [5, 5.41) is 3.63. The largest absolute Gasteiger partial charge is 0.433 e. The van der Waals surface area contributed by atoms with Crippen molar-refractivity contribution in [1.82, 2.24) is 20.1 Å². The van der Waals surface area contributed by atoms with Gasteiger partial charge in [0.2, 0.25) is 11.7 Å². The molecule has 0 saturated carbocycles. The molecule has 3 aromatic rings. The van der Waals surface area contributed by atoms with Crippen molar-refractivity contribution in [2.75, 3.05) is 0 Å². The fourth-order valence-corrected chi connectivity index (χ4v) is 3.65. The lowest BCUT2D eigenvalue weighted by atomic mass is 10.4. The average Bonchev–Trinajstić information content (AvgIpc) is 3.12. The first kappa shape index (κ1) is 17.2. The fourth-order valence-electron chi connectivity index (χ4n) is 1.63. The zero-order valence-corrected chi connectivity index (χ0v) is 14.6. The second-order valence-electron chi connectivity index (χ2n) is 4.34. The third-order valence-electron chi connectivity index (χ3n) is 2.60. The number of alkyl halides is 3. The number of H-pyrrole nitrogens is 1. The molecule has 0 saturated heterocycles. The van der Waals surface area contributed by atoms with Gasteiger partial charge in [-0.1, -0.05) is 16.9 Å². The van der Waals surface area contributed by atoms with Gasteiger partial charge < -0.3 is 9.51 Å². The lowest BCUT2D eigenvalue weighted by molar-refractivity contribution is -0.141. The van der Waals surface area contributed by atoms with Crippen LogP contribution < -0.4 is 5.56 Å². The molecule has 0 atom stereocenters. The second-order valence-corrected chi connectivity index (χ2v) is 7.76. The molecule has 0 fully saturated rings. The molecule has 0 aliphatic heterocycles. The molecule has 0 spiro atoms. The van der Waals surface area contributed by atoms with Gasteiger partial charge in [-0.15, -0.1) is 11.3 Å². The van der Waals surface area contributed by atoms with E-state index >= 15 is 0 Å². The molecular formula is C12H6BrF3N4O2S2. The van der Waals surface area contributed by atoms with Gasteiger partial charge in [0.15, 0.2) is 10.9 Å². The van der Waals surface area contributed by atoms with Crippen LogP contribution in [0.15, 0.2) is 36.5 Å². The zero-order chi connectivity index (χ0) is 17.3. The van der Waals surface area contributed by atoms with E-state index in [-0.39, 0.29) is 16.8 Å². The summed E-state index contributed by atoms with van der Waals surface area (Å²) in [6, 6.07) is 4.05. The molecule has 3 aromatic heterocycles. The lowest BCUT2D eigenvalue weighted by Gasteiger charge is -2.06. The predicted octanol–water partition coefficient (Wildman–Crippen LogP) is 3.96. The molecule has 0 bridgehead atoms. The first-order valence-corrected chi connectivity index (χ1v) is 8.80. The van der Waals surface area contributed by atoms with Crippen LogP contribution in [0, 0.1) is 0 Å². The number of thioether (sulfide) groups is 1. The van der Waals surface area contributed by atoms with E-state index in [0.717, 1.165) is 20.4 Å². The topological polar surface area (TPSA) is 84.7 Å². The number of halogens is 4. The van der Waals surface area contributed by atoms with Crippen LogP contribution in [-0.2, 0) is 11.9 Å². The van der Waals surface area contributed by atoms with Crippen molar-refractivity contribution in [3.05, 3.63) is 43.9 Å². The fraction of sp³-hybridized carbons (Fsp3) is 0.167. The van der Waals surface area contributed by atoms with Crippen molar-refractivity contribution in [1.29, 1.82) is 0 Å². The first-order valence-electron chi connectivity index (χ1n) is 6.21. The van der Waals surface area contributed by atoms with E-state index in [2.05, 4.69) is 36.0 Å². The van der Waals surface area contributed by atoms with Crippen molar-refractivity contribution in [2.45, 2.75) is 17.1 Å². The molecule has 0 aliphatic rings. The van der Waals surface area contributed by atoms with E-state index in [0.29, 0.717) is 11.9 Å². The average molecular weight is 439 g/mol. The van der Waals surface area contributed by atoms with Crippen LogP contribution in [0.5, 0.6) is 0 Å². The summed E-state index contributed by atoms with van der Waals surface area (Å²) in [7, 11) is 0. The molecule has 0 radical (unpaired) electrons. The number of thiophene rings is 1. The molecule has 126 valence electrons. The Labute approximate surface area is 148 Å². The Morgan fingerprint density at radius 2 is 2.12 bits per heavy atom. The van der Waals surface area contributed by atoms with E-state index < -0.39 is 17.4 Å². The molecule has 0 aromatic carbocycles. The van der Waals surface area contributed by atoms with E-state index in [1.807, 2.05) is 12.1 Å². The number of hydrogen-bond donors (Lipinski definition) is 1. The minimum Gasteiger partial charge on any atom is -0.338 e. The quantitative estimate of drug-likeness (QED) is 0.490. The maximum Gasteiger partial charge on any atom is 0.433 e. The number of nitrogens with one attached hydrogen (secondary N) is 1. The summed E-state index contributed by atoms with van der Waals surface area (Å²) < 4.78 is 43.9. The molecule has 3 heterocycles. The van der Waals surface area contributed by atoms with Crippen molar-refractivity contribution < 1.29 is 17.7 Å². The molecule has 0 amide bonds. The molecule has 0 unspecified atom stereocenters. The minimum atomic E-state index is -4.69. The number of aromatic nitrogens is 4. The summed E-state index contributed by atoms with van der Waals surface area (Å²) >= 11 is 5.60. The Hall–Kier alpha value is -1.66. The lowest BCUT2D eigenvalue weighted by Crippen LogP contribution is -2.16. The maximum absolute atomic E-state index is 12.6. The summed E-state index contributed by atoms with van der Waals surface area (Å²) in [4.78, 5) is 21.8. The highest BCUT2D eigenvalue weighted by molar-refractivity contribution is 9.11. The summed E-state index contributed by atoms with van der Waals surface area (Å²) in [5.41, 5.74) is -2.13. The third kappa shape index (κ3) is 4.05. The molecule has 6 nitrogen and oxygen atoms in total. The first-order chi connectivity index (χ1) is 11.3. The van der Waals surface area contributed by atoms with Gasteiger partial charge in [0.1, 0.15) is 0 Å². The van der Waals surface area contributed by atoms with E-state index in [1.165, 1.54) is 11.3 Å². The molecule has 0 aliphatic carbocycles. The van der Waals surface area contributed by atoms with E-state index in [9.17, 15) is 18.0 Å². The Bertz CT molecular complexity index is 921. The van der Waals surface area contributed by atoms with Crippen LogP contribution in [-0.4, -0.2) is 20.1 Å². The highest BCUT2D eigenvalue weighted by Crippen LogP contribution is 2.30. The molecule has 12 heteroatoms. The van der Waals surface area contributed by atoms with Gasteiger partial charge in [-0.25, -0.2) is 4.98 Å². The SMILES string of the molecule is O=c1cc(C(F)(F)F)nc(SCc2nc(-c3ccc(Br)s3)no2)[nH]1. The molecular weight excluding hydrogens is 433 g/mol. The maximum atomic E-state index is 12.6. The minimum absolute atomic E-state index is 0.0732. The predicted molar refractivity (Wildman–Crippen MR) is 84.7 cm³/mol. The van der Waals surface area contributed by atoms with Gasteiger partial charge in [0, 0.05) is 6.07 Å². The summed E-state index contributed by atoms with van der Waals surface area (Å²) in [5.74, 6) is 0.662. The van der Waals surface area contributed by atoms with Crippen LogP contribution in [0.1, 0.15) is 11.6 Å². The van der Waals surface area contributed by atoms with Crippen LogP contribution in [0.3, 0.4) is 0 Å². The van der Waals surface area contributed by atoms with Gasteiger partial charge in [0.25, 0.3) is 5.56 Å². The Morgan fingerprint density at radius 1 is 1.33 bits per heavy atom. The number of hydrogen-bond acceptors (Lipinski definition) is 7. The van der Waals surface area contributed by atoms with Gasteiger partial charge in [0.05, 0.1) is 14.4 Å². The highest BCUT2D eigenvalue weighted by atomic mass is 79.9. The molecule has 1 N–H and O–H groups in total. The Kier molecular flexibility index (Phi) is 4.78. The number of aromatic amines is 1. The van der Waals surface area contributed by atoms with E-state index in [4.69, 9.17) is 4.52 Å². The summed E-state index contributed by atoms with van der Waals surface area (Å²) in [6.07, 6.45) is -4.69. The van der Waals surface area contributed by atoms with Gasteiger partial charge >= 0.3 is 6.18 Å². The van der Waals surface area contributed by atoms with Crippen molar-refractivity contribution in [3.8, 4) is 10.7 Å². The number of nitrogens with zero attached hydrogens (tertiary/aromatic N) is 3. The third-order valence-corrected chi connectivity index (χ3v) is 5.08. The van der Waals surface area contributed by atoms with Crippen LogP contribution in [0.2, 0.25) is 0 Å². The Balaban J connectivity index is 1.74. The standard InChI is InChI=1S/C12H6BrF3N4O2S2/c13-7-2-1-5(24-7)10-19-9(22-20-10)4-23-11-17-6(12(14,15)16)3-8(21)18-11/h1-3H,4H2,(H,17,18,21). The van der Waals surface area contributed by atoms with Crippen molar-refractivity contribution in [2.24, 2.45) is 0 Å². The van der Waals surface area contributed by atoms with Crippen molar-refractivity contribution in [3.63, 3.8) is 0 Å². The van der Waals surface area contributed by atoms with Gasteiger partial charge in [-0.05, 0) is 28.1 Å². The van der Waals surface area contributed by atoms with Crippen LogP contribution in [0.4, 0.5) is 13.2 Å². The second kappa shape index (κ2) is 6.69.